The van der Waals surface area contributed by atoms with E-state index in [4.69, 9.17) is 10.7 Å². The molecule has 0 radical (unpaired) electrons. The highest BCUT2D eigenvalue weighted by Gasteiger charge is 2.30. The molecule has 0 saturated heterocycles. The van der Waals surface area contributed by atoms with Gasteiger partial charge in [0.1, 0.15) is 11.6 Å². The minimum Gasteiger partial charge on any atom is -0.384 e. The summed E-state index contributed by atoms with van der Waals surface area (Å²) in [5.41, 5.74) is 7.49. The van der Waals surface area contributed by atoms with Crippen molar-refractivity contribution in [2.24, 2.45) is 5.92 Å². The van der Waals surface area contributed by atoms with E-state index in [0.29, 0.717) is 17.9 Å². The molecule has 0 spiro atoms. The van der Waals surface area contributed by atoms with Gasteiger partial charge in [0.25, 0.3) is 0 Å². The first kappa shape index (κ1) is 13.4. The minimum absolute atomic E-state index is 0.473. The summed E-state index contributed by atoms with van der Waals surface area (Å²) in [5.74, 6) is 3.32. The van der Waals surface area contributed by atoms with Gasteiger partial charge >= 0.3 is 0 Å². The van der Waals surface area contributed by atoms with Gasteiger partial charge in [0, 0.05) is 18.4 Å². The monoisotopic (exact) mass is 249 g/mol. The molecular weight excluding hydrogens is 222 g/mol. The zero-order chi connectivity index (χ0) is 13.3. The molecule has 2 N–H and O–H groups in total. The lowest BCUT2D eigenvalue weighted by Gasteiger charge is -2.13. The van der Waals surface area contributed by atoms with Gasteiger partial charge in [0.2, 0.25) is 0 Å². The van der Waals surface area contributed by atoms with E-state index < -0.39 is 0 Å². The number of imidazole rings is 1. The maximum absolute atomic E-state index is 6.35. The summed E-state index contributed by atoms with van der Waals surface area (Å²) in [6.45, 7) is 8.99. The Morgan fingerprint density at radius 3 is 2.50 bits per heavy atom. The quantitative estimate of drug-likeness (QED) is 0.831. The van der Waals surface area contributed by atoms with E-state index in [1.165, 1.54) is 18.7 Å². The van der Waals surface area contributed by atoms with Crippen LogP contribution in [0.3, 0.4) is 0 Å². The molecule has 0 amide bonds. The Hall–Kier alpha value is -0.990. The van der Waals surface area contributed by atoms with Crippen molar-refractivity contribution in [2.45, 2.75) is 71.8 Å². The van der Waals surface area contributed by atoms with Gasteiger partial charge in [-0.1, -0.05) is 27.7 Å². The highest BCUT2D eigenvalue weighted by molar-refractivity contribution is 5.42. The minimum atomic E-state index is 0.473. The molecule has 1 unspecified atom stereocenters. The summed E-state index contributed by atoms with van der Waals surface area (Å²) in [6.07, 6.45) is 5.90. The average Bonchev–Trinajstić information content (AvgIpc) is 3.04. The molecule has 1 aromatic rings. The van der Waals surface area contributed by atoms with Crippen LogP contribution >= 0.6 is 0 Å². The Morgan fingerprint density at radius 2 is 2.00 bits per heavy atom. The molecule has 3 nitrogen and oxygen atoms in total. The van der Waals surface area contributed by atoms with Crippen LogP contribution in [-0.2, 0) is 6.42 Å². The molecule has 3 heteroatoms. The van der Waals surface area contributed by atoms with Crippen molar-refractivity contribution in [1.29, 1.82) is 0 Å². The normalized spacial score (nSPS) is 17.4. The molecule has 0 aromatic carbocycles. The van der Waals surface area contributed by atoms with Crippen molar-refractivity contribution in [3.05, 3.63) is 11.5 Å². The van der Waals surface area contributed by atoms with Gasteiger partial charge in [0.15, 0.2) is 0 Å². The molecule has 0 aliphatic heterocycles. The second-order valence-corrected chi connectivity index (χ2v) is 6.18. The lowest BCUT2D eigenvalue weighted by atomic mass is 9.96. The van der Waals surface area contributed by atoms with Crippen molar-refractivity contribution in [2.75, 3.05) is 5.73 Å². The van der Waals surface area contributed by atoms with Gasteiger partial charge < -0.3 is 10.3 Å². The lowest BCUT2D eigenvalue weighted by molar-refractivity contribution is 0.517. The van der Waals surface area contributed by atoms with Crippen molar-refractivity contribution < 1.29 is 0 Å². The first-order chi connectivity index (χ1) is 8.54. The highest BCUT2D eigenvalue weighted by atomic mass is 15.2. The Labute approximate surface area is 111 Å². The summed E-state index contributed by atoms with van der Waals surface area (Å²) >= 11 is 0. The van der Waals surface area contributed by atoms with Gasteiger partial charge in [-0.25, -0.2) is 4.98 Å². The number of aromatic nitrogens is 2. The number of nitrogen functional groups attached to an aromatic ring is 1. The van der Waals surface area contributed by atoms with E-state index in [9.17, 15) is 0 Å². The van der Waals surface area contributed by atoms with Crippen LogP contribution in [0.5, 0.6) is 0 Å². The number of aryl methyl sites for hydroxylation is 1. The van der Waals surface area contributed by atoms with Gasteiger partial charge in [-0.2, -0.15) is 0 Å². The molecule has 0 bridgehead atoms. The zero-order valence-electron chi connectivity index (χ0n) is 12.2. The summed E-state index contributed by atoms with van der Waals surface area (Å²) in [7, 11) is 0. The van der Waals surface area contributed by atoms with Crippen LogP contribution < -0.4 is 5.73 Å². The van der Waals surface area contributed by atoms with Gasteiger partial charge in [0.05, 0.1) is 5.69 Å². The second kappa shape index (κ2) is 5.33. The van der Waals surface area contributed by atoms with E-state index in [1.54, 1.807) is 0 Å². The molecule has 1 heterocycles. The molecule has 1 atom stereocenters. The molecular formula is C15H27N3. The number of nitrogens with zero attached hydrogens (tertiary/aromatic N) is 2. The smallest absolute Gasteiger partial charge is 0.127 e. The van der Waals surface area contributed by atoms with Crippen molar-refractivity contribution in [3.8, 4) is 0 Å². The van der Waals surface area contributed by atoms with Crippen LogP contribution in [0.25, 0.3) is 0 Å². The second-order valence-electron chi connectivity index (χ2n) is 6.18. The van der Waals surface area contributed by atoms with Gasteiger partial charge in [-0.15, -0.1) is 0 Å². The SMILES string of the molecule is CCCc1nc(C(C)CC(C)C)c(N)n1C1CC1. The molecule has 1 aliphatic rings. The Bertz CT molecular complexity index is 402. The van der Waals surface area contributed by atoms with Crippen LogP contribution in [0.2, 0.25) is 0 Å². The maximum atomic E-state index is 6.35. The van der Waals surface area contributed by atoms with Crippen molar-refractivity contribution in [1.82, 2.24) is 9.55 Å². The Balaban J connectivity index is 2.27. The van der Waals surface area contributed by atoms with Crippen LogP contribution in [0.15, 0.2) is 0 Å². The number of hydrogen-bond donors (Lipinski definition) is 1. The van der Waals surface area contributed by atoms with Crippen molar-refractivity contribution >= 4 is 5.82 Å². The summed E-state index contributed by atoms with van der Waals surface area (Å²) in [5, 5.41) is 0. The third-order valence-corrected chi connectivity index (χ3v) is 3.73. The highest BCUT2D eigenvalue weighted by Crippen LogP contribution is 2.40. The predicted molar refractivity (Wildman–Crippen MR) is 76.8 cm³/mol. The van der Waals surface area contributed by atoms with E-state index in [2.05, 4.69) is 32.3 Å². The average molecular weight is 249 g/mol. The van der Waals surface area contributed by atoms with Gasteiger partial charge in [-0.3, -0.25) is 0 Å². The van der Waals surface area contributed by atoms with E-state index >= 15 is 0 Å². The fraction of sp³-hybridized carbons (Fsp3) is 0.800. The van der Waals surface area contributed by atoms with E-state index in [-0.39, 0.29) is 0 Å². The topological polar surface area (TPSA) is 43.8 Å². The third-order valence-electron chi connectivity index (χ3n) is 3.73. The summed E-state index contributed by atoms with van der Waals surface area (Å²) in [4.78, 5) is 4.85. The fourth-order valence-electron chi connectivity index (χ4n) is 2.83. The van der Waals surface area contributed by atoms with E-state index in [0.717, 1.165) is 30.8 Å². The van der Waals surface area contributed by atoms with Gasteiger partial charge in [-0.05, 0) is 31.6 Å². The molecule has 18 heavy (non-hydrogen) atoms. The maximum Gasteiger partial charge on any atom is 0.127 e. The third kappa shape index (κ3) is 2.70. The predicted octanol–water partition coefficient (Wildman–Crippen LogP) is 3.90. The first-order valence-corrected chi connectivity index (χ1v) is 7.41. The number of anilines is 1. The molecule has 102 valence electrons. The number of rotatable bonds is 6. The summed E-state index contributed by atoms with van der Waals surface area (Å²) < 4.78 is 2.32. The molecule has 1 fully saturated rings. The van der Waals surface area contributed by atoms with Crippen LogP contribution in [0.4, 0.5) is 5.82 Å². The molecule has 1 aliphatic carbocycles. The molecule has 1 saturated carbocycles. The molecule has 2 rings (SSSR count). The van der Waals surface area contributed by atoms with Crippen LogP contribution in [-0.4, -0.2) is 9.55 Å². The Kier molecular flexibility index (Phi) is 3.98. The number of hydrogen-bond acceptors (Lipinski definition) is 2. The van der Waals surface area contributed by atoms with Crippen molar-refractivity contribution in [3.63, 3.8) is 0 Å². The summed E-state index contributed by atoms with van der Waals surface area (Å²) in [6, 6.07) is 0.638. The largest absolute Gasteiger partial charge is 0.384 e. The number of nitrogens with two attached hydrogens (primary N) is 1. The zero-order valence-corrected chi connectivity index (χ0v) is 12.2. The fourth-order valence-corrected chi connectivity index (χ4v) is 2.83. The van der Waals surface area contributed by atoms with Crippen LogP contribution in [0.1, 0.15) is 76.9 Å². The van der Waals surface area contributed by atoms with Crippen LogP contribution in [0, 0.1) is 5.92 Å². The Morgan fingerprint density at radius 1 is 1.33 bits per heavy atom. The first-order valence-electron chi connectivity index (χ1n) is 7.41. The van der Waals surface area contributed by atoms with E-state index in [1.807, 2.05) is 0 Å². The molecule has 1 aromatic heterocycles. The standard InChI is InChI=1S/C15H27N3/c1-5-6-13-17-14(11(4)9-10(2)3)15(16)18(13)12-7-8-12/h10-12H,5-9,16H2,1-4H3. The lowest BCUT2D eigenvalue weighted by Crippen LogP contribution is -2.07.